The molecule has 0 spiro atoms. The van der Waals surface area contributed by atoms with Gasteiger partial charge in [0.25, 0.3) is 11.6 Å². The Labute approximate surface area is 159 Å². The number of benzene rings is 2. The summed E-state index contributed by atoms with van der Waals surface area (Å²) in [5.74, 6) is -0.232. The third-order valence-corrected chi connectivity index (χ3v) is 3.61. The van der Waals surface area contributed by atoms with Crippen LogP contribution in [0.4, 0.5) is 5.69 Å². The van der Waals surface area contributed by atoms with E-state index < -0.39 is 10.8 Å². The molecule has 140 valence electrons. The van der Waals surface area contributed by atoms with E-state index in [4.69, 9.17) is 17.0 Å². The van der Waals surface area contributed by atoms with Gasteiger partial charge in [0.05, 0.1) is 18.5 Å². The number of non-ortho nitro benzene ring substituents is 1. The predicted molar refractivity (Wildman–Crippen MR) is 101 cm³/mol. The highest BCUT2D eigenvalue weighted by molar-refractivity contribution is 7.80. The highest BCUT2D eigenvalue weighted by Crippen LogP contribution is 2.12. The third-order valence-electron chi connectivity index (χ3n) is 3.41. The first-order valence-electron chi connectivity index (χ1n) is 7.66. The van der Waals surface area contributed by atoms with Crippen molar-refractivity contribution in [2.24, 2.45) is 0 Å². The first-order valence-corrected chi connectivity index (χ1v) is 8.07. The van der Waals surface area contributed by atoms with Gasteiger partial charge in [0.1, 0.15) is 5.75 Å². The number of nitrogens with zero attached hydrogens (tertiary/aromatic N) is 1. The third kappa shape index (κ3) is 6.04. The molecule has 0 aliphatic heterocycles. The van der Waals surface area contributed by atoms with Crippen molar-refractivity contribution in [1.82, 2.24) is 16.2 Å². The minimum atomic E-state index is -0.562. The largest absolute Gasteiger partial charge is 0.497 e. The maximum absolute atomic E-state index is 11.9. The fraction of sp³-hybridized carbons (Fsp3) is 0.118. The number of nitro groups is 1. The van der Waals surface area contributed by atoms with Crippen molar-refractivity contribution in [3.63, 3.8) is 0 Å². The number of ether oxygens (including phenoxy) is 1. The molecule has 0 unspecified atom stereocenters. The van der Waals surface area contributed by atoms with Crippen LogP contribution in [-0.4, -0.2) is 29.0 Å². The molecule has 0 radical (unpaired) electrons. The van der Waals surface area contributed by atoms with Crippen LogP contribution in [0.5, 0.6) is 5.75 Å². The lowest BCUT2D eigenvalue weighted by atomic mass is 10.1. The predicted octanol–water partition coefficient (Wildman–Crippen LogP) is 1.48. The normalized spacial score (nSPS) is 9.81. The Bertz CT molecular complexity index is 853. The molecule has 2 aromatic rings. The Hall–Kier alpha value is -3.53. The molecule has 2 aromatic carbocycles. The second-order valence-electron chi connectivity index (χ2n) is 5.29. The monoisotopic (exact) mass is 388 g/mol. The van der Waals surface area contributed by atoms with Crippen LogP contribution in [-0.2, 0) is 11.2 Å². The van der Waals surface area contributed by atoms with Crippen LogP contribution in [0.15, 0.2) is 48.5 Å². The Morgan fingerprint density at radius 1 is 1.07 bits per heavy atom. The van der Waals surface area contributed by atoms with E-state index in [0.717, 1.165) is 5.56 Å². The number of carbonyl (C=O) groups excluding carboxylic acids is 2. The van der Waals surface area contributed by atoms with Gasteiger partial charge in [-0.15, -0.1) is 0 Å². The van der Waals surface area contributed by atoms with Gasteiger partial charge in [-0.3, -0.25) is 30.6 Å². The van der Waals surface area contributed by atoms with Gasteiger partial charge in [0.2, 0.25) is 5.91 Å². The van der Waals surface area contributed by atoms with Gasteiger partial charge in [0.15, 0.2) is 5.11 Å². The van der Waals surface area contributed by atoms with E-state index in [9.17, 15) is 19.7 Å². The van der Waals surface area contributed by atoms with Crippen molar-refractivity contribution >= 4 is 34.8 Å². The van der Waals surface area contributed by atoms with Crippen molar-refractivity contribution in [2.75, 3.05) is 7.11 Å². The average molecular weight is 388 g/mol. The van der Waals surface area contributed by atoms with Crippen LogP contribution in [0.3, 0.4) is 0 Å². The molecule has 10 heteroatoms. The van der Waals surface area contributed by atoms with Crippen molar-refractivity contribution in [1.29, 1.82) is 0 Å². The topological polar surface area (TPSA) is 123 Å². The minimum Gasteiger partial charge on any atom is -0.497 e. The number of carbonyl (C=O) groups is 2. The number of nitrogens with one attached hydrogen (secondary N) is 3. The molecule has 0 saturated heterocycles. The fourth-order valence-corrected chi connectivity index (χ4v) is 2.22. The fourth-order valence-electron chi connectivity index (χ4n) is 2.05. The molecule has 2 rings (SSSR count). The molecular formula is C17H16N4O5S. The first-order chi connectivity index (χ1) is 12.9. The van der Waals surface area contributed by atoms with E-state index in [0.29, 0.717) is 5.75 Å². The van der Waals surface area contributed by atoms with Crippen LogP contribution in [0, 0.1) is 10.1 Å². The lowest BCUT2D eigenvalue weighted by Gasteiger charge is -2.11. The maximum atomic E-state index is 11.9. The van der Waals surface area contributed by atoms with Crippen LogP contribution >= 0.6 is 12.2 Å². The van der Waals surface area contributed by atoms with E-state index >= 15 is 0 Å². The number of hydrazine groups is 1. The Balaban J connectivity index is 1.79. The summed E-state index contributed by atoms with van der Waals surface area (Å²) < 4.78 is 5.04. The number of thiocarbonyl (C=S) groups is 1. The molecule has 9 nitrogen and oxygen atoms in total. The van der Waals surface area contributed by atoms with Gasteiger partial charge in [-0.2, -0.15) is 0 Å². The molecule has 0 aliphatic rings. The summed E-state index contributed by atoms with van der Waals surface area (Å²) in [7, 11) is 1.55. The van der Waals surface area contributed by atoms with Gasteiger partial charge in [0, 0.05) is 17.7 Å². The summed E-state index contributed by atoms with van der Waals surface area (Å²) in [6, 6.07) is 12.0. The number of hydrogen-bond donors (Lipinski definition) is 3. The molecule has 3 N–H and O–H groups in total. The van der Waals surface area contributed by atoms with E-state index in [2.05, 4.69) is 16.2 Å². The minimum absolute atomic E-state index is 0.0798. The first kappa shape index (κ1) is 19.8. The van der Waals surface area contributed by atoms with E-state index in [1.165, 1.54) is 24.3 Å². The van der Waals surface area contributed by atoms with Gasteiger partial charge in [-0.05, 0) is 42.0 Å². The molecule has 2 amide bonds. The zero-order chi connectivity index (χ0) is 19.8. The Kier molecular flexibility index (Phi) is 6.78. The van der Waals surface area contributed by atoms with Gasteiger partial charge >= 0.3 is 0 Å². The molecule has 27 heavy (non-hydrogen) atoms. The van der Waals surface area contributed by atoms with Crippen molar-refractivity contribution in [2.45, 2.75) is 6.42 Å². The van der Waals surface area contributed by atoms with Crippen molar-refractivity contribution in [3.8, 4) is 5.75 Å². The average Bonchev–Trinajstić information content (AvgIpc) is 2.66. The summed E-state index contributed by atoms with van der Waals surface area (Å²) in [5, 5.41) is 12.9. The number of hydrogen-bond acceptors (Lipinski definition) is 6. The zero-order valence-corrected chi connectivity index (χ0v) is 15.0. The number of nitro benzene ring substituents is 1. The number of rotatable bonds is 5. The van der Waals surface area contributed by atoms with Crippen LogP contribution in [0.1, 0.15) is 15.9 Å². The summed E-state index contributed by atoms with van der Waals surface area (Å²) in [5.41, 5.74) is 5.54. The Morgan fingerprint density at radius 3 is 2.26 bits per heavy atom. The van der Waals surface area contributed by atoms with Gasteiger partial charge in [-0.25, -0.2) is 0 Å². The highest BCUT2D eigenvalue weighted by atomic mass is 32.1. The van der Waals surface area contributed by atoms with E-state index in [1.54, 1.807) is 31.4 Å². The molecule has 0 fully saturated rings. The van der Waals surface area contributed by atoms with Crippen molar-refractivity contribution < 1.29 is 19.2 Å². The molecule has 0 heterocycles. The van der Waals surface area contributed by atoms with Crippen LogP contribution < -0.4 is 20.9 Å². The van der Waals surface area contributed by atoms with Gasteiger partial charge in [-0.1, -0.05) is 12.1 Å². The summed E-state index contributed by atoms with van der Waals surface area (Å²) in [4.78, 5) is 33.9. The smallest absolute Gasteiger partial charge is 0.269 e. The maximum Gasteiger partial charge on any atom is 0.269 e. The standard InChI is InChI=1S/C17H16N4O5S/c1-26-14-8-2-11(3-9-14)10-15(22)18-17(27)20-19-16(23)12-4-6-13(7-5-12)21(24)25/h2-9H,10H2,1H3,(H,19,23)(H2,18,20,22,27). The molecule has 0 atom stereocenters. The SMILES string of the molecule is COc1ccc(CC(=O)NC(=S)NNC(=O)c2ccc([N+](=O)[O-])cc2)cc1. The number of methoxy groups -OCH3 is 1. The summed E-state index contributed by atoms with van der Waals surface area (Å²) in [6.07, 6.45) is 0.0993. The zero-order valence-electron chi connectivity index (χ0n) is 14.2. The number of amides is 2. The summed E-state index contributed by atoms with van der Waals surface area (Å²) in [6.45, 7) is 0. The second-order valence-corrected chi connectivity index (χ2v) is 5.69. The summed E-state index contributed by atoms with van der Waals surface area (Å²) >= 11 is 4.94. The molecule has 0 saturated carbocycles. The molecule has 0 aromatic heterocycles. The van der Waals surface area contributed by atoms with Crippen LogP contribution in [0.25, 0.3) is 0 Å². The van der Waals surface area contributed by atoms with Gasteiger partial charge < -0.3 is 10.1 Å². The quantitative estimate of drug-likeness (QED) is 0.403. The molecule has 0 bridgehead atoms. The molecule has 0 aliphatic carbocycles. The lowest BCUT2D eigenvalue weighted by molar-refractivity contribution is -0.384. The Morgan fingerprint density at radius 2 is 1.70 bits per heavy atom. The van der Waals surface area contributed by atoms with E-state index in [1.807, 2.05) is 0 Å². The lowest BCUT2D eigenvalue weighted by Crippen LogP contribution is -2.48. The van der Waals surface area contributed by atoms with Crippen molar-refractivity contribution in [3.05, 3.63) is 69.8 Å². The second kappa shape index (κ2) is 9.25. The highest BCUT2D eigenvalue weighted by Gasteiger charge is 2.11. The molecular weight excluding hydrogens is 372 g/mol. The van der Waals surface area contributed by atoms with E-state index in [-0.39, 0.29) is 28.7 Å². The van der Waals surface area contributed by atoms with Crippen LogP contribution in [0.2, 0.25) is 0 Å².